The van der Waals surface area contributed by atoms with E-state index in [9.17, 15) is 4.79 Å². The quantitative estimate of drug-likeness (QED) is 0.904. The van der Waals surface area contributed by atoms with Gasteiger partial charge in [0.1, 0.15) is 5.69 Å². The van der Waals surface area contributed by atoms with Crippen molar-refractivity contribution in [3.05, 3.63) is 41.0 Å². The fourth-order valence-electron chi connectivity index (χ4n) is 2.51. The molecule has 1 aromatic carbocycles. The van der Waals surface area contributed by atoms with Crippen molar-refractivity contribution in [1.29, 1.82) is 0 Å². The van der Waals surface area contributed by atoms with Gasteiger partial charge in [0.2, 0.25) is 0 Å². The van der Waals surface area contributed by atoms with Gasteiger partial charge in [-0.25, -0.2) is 4.98 Å². The summed E-state index contributed by atoms with van der Waals surface area (Å²) in [6.45, 7) is 1.44. The van der Waals surface area contributed by atoms with Crippen LogP contribution in [0, 0.1) is 0 Å². The molecule has 21 heavy (non-hydrogen) atoms. The number of aromatic nitrogens is 1. The third-order valence-electron chi connectivity index (χ3n) is 3.66. The number of carbonyl (C=O) groups excluding carboxylic acids is 1. The van der Waals surface area contributed by atoms with E-state index in [0.717, 1.165) is 11.9 Å². The molecule has 2 atom stereocenters. The number of pyridine rings is 1. The highest BCUT2D eigenvalue weighted by molar-refractivity contribution is 6.31. The van der Waals surface area contributed by atoms with Gasteiger partial charge in [0.05, 0.1) is 17.7 Å². The molecule has 0 aliphatic carbocycles. The first-order valence-electron chi connectivity index (χ1n) is 6.78. The zero-order valence-electron chi connectivity index (χ0n) is 11.6. The summed E-state index contributed by atoms with van der Waals surface area (Å²) < 4.78 is 5.33. The number of carbonyl (C=O) groups is 1. The molecule has 1 aliphatic heterocycles. The predicted octanol–water partition coefficient (Wildman–Crippen LogP) is 1.60. The highest BCUT2D eigenvalue weighted by Crippen LogP contribution is 2.18. The van der Waals surface area contributed by atoms with Gasteiger partial charge < -0.3 is 15.4 Å². The van der Waals surface area contributed by atoms with E-state index >= 15 is 0 Å². The second-order valence-electron chi connectivity index (χ2n) is 5.05. The van der Waals surface area contributed by atoms with Gasteiger partial charge in [0.15, 0.2) is 0 Å². The zero-order valence-corrected chi connectivity index (χ0v) is 12.4. The molecule has 2 aromatic rings. The second-order valence-corrected chi connectivity index (χ2v) is 5.48. The summed E-state index contributed by atoms with van der Waals surface area (Å²) in [6.07, 6.45) is -0.0103. The van der Waals surface area contributed by atoms with Crippen LogP contribution in [0.1, 0.15) is 10.5 Å². The van der Waals surface area contributed by atoms with Crippen LogP contribution in [0.3, 0.4) is 0 Å². The van der Waals surface area contributed by atoms with Crippen molar-refractivity contribution in [1.82, 2.24) is 15.6 Å². The standard InChI is InChI=1S/C15H16ClN3O2/c1-21-14-8-17-7-13(14)19-15(20)11-5-3-9-2-4-10(16)6-12(9)18-11/h2-6,13-14,17H,7-8H2,1H3,(H,19,20)/t13-,14+/m1/s1. The van der Waals surface area contributed by atoms with E-state index < -0.39 is 0 Å². The molecule has 0 spiro atoms. The Kier molecular flexibility index (Phi) is 4.05. The Morgan fingerprint density at radius 1 is 1.38 bits per heavy atom. The molecule has 1 aliphatic rings. The minimum atomic E-state index is -0.201. The topological polar surface area (TPSA) is 63.2 Å². The molecule has 6 heteroatoms. The van der Waals surface area contributed by atoms with E-state index in [0.29, 0.717) is 22.8 Å². The summed E-state index contributed by atoms with van der Waals surface area (Å²) in [5.74, 6) is -0.201. The molecule has 1 aromatic heterocycles. The van der Waals surface area contributed by atoms with Crippen LogP contribution >= 0.6 is 11.6 Å². The molecule has 2 N–H and O–H groups in total. The van der Waals surface area contributed by atoms with Crippen LogP contribution in [0.25, 0.3) is 10.9 Å². The third-order valence-corrected chi connectivity index (χ3v) is 3.90. The van der Waals surface area contributed by atoms with E-state index in [4.69, 9.17) is 16.3 Å². The Morgan fingerprint density at radius 3 is 3.00 bits per heavy atom. The van der Waals surface area contributed by atoms with Crippen molar-refractivity contribution in [3.8, 4) is 0 Å². The van der Waals surface area contributed by atoms with Crippen molar-refractivity contribution in [2.75, 3.05) is 20.2 Å². The second kappa shape index (κ2) is 5.97. The lowest BCUT2D eigenvalue weighted by molar-refractivity contribution is 0.0776. The minimum Gasteiger partial charge on any atom is -0.378 e. The SMILES string of the molecule is CO[C@H]1CNC[C@H]1NC(=O)c1ccc2ccc(Cl)cc2n1. The molecule has 5 nitrogen and oxygen atoms in total. The van der Waals surface area contributed by atoms with Crippen LogP contribution in [0.5, 0.6) is 0 Å². The number of halogens is 1. The Hall–Kier alpha value is -1.69. The van der Waals surface area contributed by atoms with Gasteiger partial charge in [-0.2, -0.15) is 0 Å². The van der Waals surface area contributed by atoms with E-state index in [-0.39, 0.29) is 18.1 Å². The van der Waals surface area contributed by atoms with Gasteiger partial charge >= 0.3 is 0 Å². The van der Waals surface area contributed by atoms with Crippen molar-refractivity contribution in [2.45, 2.75) is 12.1 Å². The molecule has 0 unspecified atom stereocenters. The Balaban J connectivity index is 1.81. The fraction of sp³-hybridized carbons (Fsp3) is 0.333. The largest absolute Gasteiger partial charge is 0.378 e. The van der Waals surface area contributed by atoms with Crippen LogP contribution in [0.15, 0.2) is 30.3 Å². The minimum absolute atomic E-state index is 0.0103. The number of rotatable bonds is 3. The molecule has 0 radical (unpaired) electrons. The Bertz CT molecular complexity index is 677. The zero-order chi connectivity index (χ0) is 14.8. The molecule has 1 saturated heterocycles. The number of methoxy groups -OCH3 is 1. The van der Waals surface area contributed by atoms with E-state index in [2.05, 4.69) is 15.6 Å². The van der Waals surface area contributed by atoms with Crippen molar-refractivity contribution < 1.29 is 9.53 Å². The van der Waals surface area contributed by atoms with Gasteiger partial charge in [-0.1, -0.05) is 23.7 Å². The molecule has 1 amide bonds. The van der Waals surface area contributed by atoms with Crippen LogP contribution in [-0.4, -0.2) is 43.2 Å². The number of ether oxygens (including phenoxy) is 1. The van der Waals surface area contributed by atoms with Crippen molar-refractivity contribution in [3.63, 3.8) is 0 Å². The Labute approximate surface area is 127 Å². The van der Waals surface area contributed by atoms with Gasteiger partial charge in [0.25, 0.3) is 5.91 Å². The van der Waals surface area contributed by atoms with Gasteiger partial charge in [-0.05, 0) is 18.2 Å². The number of benzene rings is 1. The lowest BCUT2D eigenvalue weighted by Crippen LogP contribution is -2.43. The number of nitrogens with one attached hydrogen (secondary N) is 2. The molecule has 0 bridgehead atoms. The summed E-state index contributed by atoms with van der Waals surface area (Å²) in [5, 5.41) is 7.70. The molecule has 1 fully saturated rings. The number of amides is 1. The monoisotopic (exact) mass is 305 g/mol. The first-order chi connectivity index (χ1) is 10.2. The smallest absolute Gasteiger partial charge is 0.270 e. The highest BCUT2D eigenvalue weighted by atomic mass is 35.5. The van der Waals surface area contributed by atoms with Crippen LogP contribution < -0.4 is 10.6 Å². The number of hydrogen-bond donors (Lipinski definition) is 2. The first-order valence-corrected chi connectivity index (χ1v) is 7.16. The maximum Gasteiger partial charge on any atom is 0.270 e. The molecule has 2 heterocycles. The Morgan fingerprint density at radius 2 is 2.19 bits per heavy atom. The van der Waals surface area contributed by atoms with Crippen LogP contribution in [0.2, 0.25) is 5.02 Å². The van der Waals surface area contributed by atoms with Crippen LogP contribution in [-0.2, 0) is 4.74 Å². The van der Waals surface area contributed by atoms with E-state index in [1.54, 1.807) is 25.3 Å². The van der Waals surface area contributed by atoms with Crippen molar-refractivity contribution in [2.24, 2.45) is 0 Å². The summed E-state index contributed by atoms with van der Waals surface area (Å²) >= 11 is 5.96. The summed E-state index contributed by atoms with van der Waals surface area (Å²) in [4.78, 5) is 16.7. The number of hydrogen-bond acceptors (Lipinski definition) is 4. The maximum atomic E-state index is 12.3. The average Bonchev–Trinajstić information content (AvgIpc) is 2.93. The molecule has 110 valence electrons. The van der Waals surface area contributed by atoms with Crippen LogP contribution in [0.4, 0.5) is 0 Å². The molecular formula is C15H16ClN3O2. The van der Waals surface area contributed by atoms with Gasteiger partial charge in [-0.15, -0.1) is 0 Å². The molecule has 0 saturated carbocycles. The third kappa shape index (κ3) is 3.00. The maximum absolute atomic E-state index is 12.3. The van der Waals surface area contributed by atoms with E-state index in [1.807, 2.05) is 12.1 Å². The van der Waals surface area contributed by atoms with Crippen molar-refractivity contribution >= 4 is 28.4 Å². The summed E-state index contributed by atoms with van der Waals surface area (Å²) in [6, 6.07) is 8.99. The van der Waals surface area contributed by atoms with Gasteiger partial charge in [0, 0.05) is 30.6 Å². The lowest BCUT2D eigenvalue weighted by Gasteiger charge is -2.18. The number of fused-ring (bicyclic) bond motifs is 1. The molecular weight excluding hydrogens is 290 g/mol. The summed E-state index contributed by atoms with van der Waals surface area (Å²) in [7, 11) is 1.65. The van der Waals surface area contributed by atoms with E-state index in [1.165, 1.54) is 0 Å². The summed E-state index contributed by atoms with van der Waals surface area (Å²) in [5.41, 5.74) is 1.09. The first kappa shape index (κ1) is 14.3. The normalized spacial score (nSPS) is 21.6. The predicted molar refractivity (Wildman–Crippen MR) is 81.7 cm³/mol. The molecule has 3 rings (SSSR count). The number of nitrogens with zero attached hydrogens (tertiary/aromatic N) is 1. The average molecular weight is 306 g/mol. The van der Waals surface area contributed by atoms with Gasteiger partial charge in [-0.3, -0.25) is 4.79 Å². The fourth-order valence-corrected chi connectivity index (χ4v) is 2.67. The highest BCUT2D eigenvalue weighted by Gasteiger charge is 2.28. The lowest BCUT2D eigenvalue weighted by atomic mass is 10.1.